The van der Waals surface area contributed by atoms with Crippen molar-refractivity contribution in [3.05, 3.63) is 0 Å². The molecular formula is C13H22N2O2. The molecule has 0 aromatic heterocycles. The Hall–Kier alpha value is -1.06. The molecule has 0 bridgehead atoms. The van der Waals surface area contributed by atoms with E-state index in [-0.39, 0.29) is 17.9 Å². The van der Waals surface area contributed by atoms with Gasteiger partial charge in [-0.2, -0.15) is 0 Å². The van der Waals surface area contributed by atoms with Crippen molar-refractivity contribution in [2.45, 2.75) is 58.0 Å². The van der Waals surface area contributed by atoms with Crippen molar-refractivity contribution in [3.63, 3.8) is 0 Å². The quantitative estimate of drug-likeness (QED) is 0.805. The lowest BCUT2D eigenvalue weighted by atomic mass is 9.83. The third kappa shape index (κ3) is 2.05. The molecule has 96 valence electrons. The molecule has 1 saturated heterocycles. The summed E-state index contributed by atoms with van der Waals surface area (Å²) >= 11 is 0. The lowest BCUT2D eigenvalue weighted by Gasteiger charge is -2.46. The van der Waals surface area contributed by atoms with E-state index in [0.717, 1.165) is 6.54 Å². The molecule has 0 radical (unpaired) electrons. The minimum atomic E-state index is -0.696. The van der Waals surface area contributed by atoms with Gasteiger partial charge in [-0.1, -0.05) is 13.3 Å². The molecule has 1 aliphatic carbocycles. The third-order valence-electron chi connectivity index (χ3n) is 4.17. The molecule has 4 heteroatoms. The van der Waals surface area contributed by atoms with Crippen LogP contribution in [0.3, 0.4) is 0 Å². The largest absolute Gasteiger partial charge is 0.342 e. The standard InChI is InChI=1S/C13H22N2O2/c1-4-10-11(16)15(8-9-6-5-7-9)13(2,3)12(17)14-10/h9-10H,4-8H2,1-3H3,(H,14,17). The Kier molecular flexibility index (Phi) is 3.15. The number of hydrogen-bond acceptors (Lipinski definition) is 2. The molecule has 0 aromatic rings. The first-order chi connectivity index (χ1) is 7.96. The van der Waals surface area contributed by atoms with Crippen LogP contribution in [-0.4, -0.2) is 34.8 Å². The number of piperazine rings is 1. The maximum atomic E-state index is 12.3. The Morgan fingerprint density at radius 3 is 2.47 bits per heavy atom. The van der Waals surface area contributed by atoms with Gasteiger partial charge in [-0.15, -0.1) is 0 Å². The highest BCUT2D eigenvalue weighted by molar-refractivity contribution is 5.99. The second-order valence-corrected chi connectivity index (χ2v) is 5.74. The van der Waals surface area contributed by atoms with E-state index in [1.807, 2.05) is 20.8 Å². The zero-order valence-electron chi connectivity index (χ0n) is 11.0. The molecule has 1 N–H and O–H groups in total. The molecule has 0 spiro atoms. The van der Waals surface area contributed by atoms with Gasteiger partial charge in [0.15, 0.2) is 0 Å². The third-order valence-corrected chi connectivity index (χ3v) is 4.17. The summed E-state index contributed by atoms with van der Waals surface area (Å²) in [5.74, 6) is 0.661. The van der Waals surface area contributed by atoms with E-state index in [0.29, 0.717) is 12.3 Å². The van der Waals surface area contributed by atoms with Gasteiger partial charge in [0.1, 0.15) is 11.6 Å². The number of hydrogen-bond donors (Lipinski definition) is 1. The molecule has 2 rings (SSSR count). The summed E-state index contributed by atoms with van der Waals surface area (Å²) in [5, 5.41) is 2.82. The molecule has 1 aliphatic heterocycles. The van der Waals surface area contributed by atoms with Crippen molar-refractivity contribution in [2.75, 3.05) is 6.54 Å². The Bertz CT molecular complexity index is 334. The predicted molar refractivity (Wildman–Crippen MR) is 65.4 cm³/mol. The van der Waals surface area contributed by atoms with Crippen LogP contribution in [0.4, 0.5) is 0 Å². The summed E-state index contributed by atoms with van der Waals surface area (Å²) in [6, 6.07) is -0.324. The molecule has 0 aromatic carbocycles. The highest BCUT2D eigenvalue weighted by atomic mass is 16.2. The summed E-state index contributed by atoms with van der Waals surface area (Å²) in [6.45, 7) is 6.36. The van der Waals surface area contributed by atoms with Crippen molar-refractivity contribution in [3.8, 4) is 0 Å². The Labute approximate surface area is 103 Å². The summed E-state index contributed by atoms with van der Waals surface area (Å²) in [4.78, 5) is 26.1. The minimum absolute atomic E-state index is 0.0247. The second-order valence-electron chi connectivity index (χ2n) is 5.74. The van der Waals surface area contributed by atoms with Crippen molar-refractivity contribution in [2.24, 2.45) is 5.92 Å². The van der Waals surface area contributed by atoms with Crippen LogP contribution < -0.4 is 5.32 Å². The number of rotatable bonds is 3. The van der Waals surface area contributed by atoms with Crippen molar-refractivity contribution in [1.29, 1.82) is 0 Å². The van der Waals surface area contributed by atoms with Gasteiger partial charge in [-0.05, 0) is 39.0 Å². The molecule has 2 fully saturated rings. The monoisotopic (exact) mass is 238 g/mol. The SMILES string of the molecule is CCC1NC(=O)C(C)(C)N(CC2CCC2)C1=O. The van der Waals surface area contributed by atoms with Gasteiger partial charge in [0, 0.05) is 6.54 Å². The Morgan fingerprint density at radius 2 is 2.00 bits per heavy atom. The molecule has 1 atom stereocenters. The van der Waals surface area contributed by atoms with E-state index in [1.54, 1.807) is 4.90 Å². The lowest BCUT2D eigenvalue weighted by Crippen LogP contribution is -2.69. The highest BCUT2D eigenvalue weighted by Gasteiger charge is 2.46. The number of nitrogens with one attached hydrogen (secondary N) is 1. The smallest absolute Gasteiger partial charge is 0.246 e. The van der Waals surface area contributed by atoms with E-state index in [1.165, 1.54) is 19.3 Å². The van der Waals surface area contributed by atoms with Gasteiger partial charge in [-0.3, -0.25) is 9.59 Å². The lowest BCUT2D eigenvalue weighted by molar-refractivity contribution is -0.156. The average molecular weight is 238 g/mol. The number of amides is 2. The topological polar surface area (TPSA) is 49.4 Å². The van der Waals surface area contributed by atoms with Crippen LogP contribution >= 0.6 is 0 Å². The summed E-state index contributed by atoms with van der Waals surface area (Å²) < 4.78 is 0. The van der Waals surface area contributed by atoms with Crippen LogP contribution in [0.2, 0.25) is 0 Å². The summed E-state index contributed by atoms with van der Waals surface area (Å²) in [6.07, 6.45) is 4.31. The molecule has 1 heterocycles. The molecule has 2 amide bonds. The summed E-state index contributed by atoms with van der Waals surface area (Å²) in [7, 11) is 0. The molecule has 2 aliphatic rings. The van der Waals surface area contributed by atoms with Crippen LogP contribution in [0.5, 0.6) is 0 Å². The zero-order valence-corrected chi connectivity index (χ0v) is 11.0. The van der Waals surface area contributed by atoms with E-state index < -0.39 is 5.54 Å². The maximum Gasteiger partial charge on any atom is 0.246 e. The van der Waals surface area contributed by atoms with Crippen molar-refractivity contribution in [1.82, 2.24) is 10.2 Å². The Balaban J connectivity index is 2.16. The highest BCUT2D eigenvalue weighted by Crippen LogP contribution is 2.31. The Morgan fingerprint density at radius 1 is 1.35 bits per heavy atom. The van der Waals surface area contributed by atoms with Gasteiger partial charge < -0.3 is 10.2 Å². The maximum absolute atomic E-state index is 12.3. The second kappa shape index (κ2) is 4.31. The normalized spacial score (nSPS) is 28.9. The zero-order chi connectivity index (χ0) is 12.6. The molecule has 1 unspecified atom stereocenters. The van der Waals surface area contributed by atoms with Gasteiger partial charge in [0.05, 0.1) is 0 Å². The van der Waals surface area contributed by atoms with Gasteiger partial charge in [0.25, 0.3) is 0 Å². The first-order valence-corrected chi connectivity index (χ1v) is 6.59. The fraction of sp³-hybridized carbons (Fsp3) is 0.846. The first-order valence-electron chi connectivity index (χ1n) is 6.59. The van der Waals surface area contributed by atoms with Crippen LogP contribution in [-0.2, 0) is 9.59 Å². The van der Waals surface area contributed by atoms with Crippen LogP contribution in [0.25, 0.3) is 0 Å². The molecule has 4 nitrogen and oxygen atoms in total. The van der Waals surface area contributed by atoms with Crippen LogP contribution in [0.1, 0.15) is 46.5 Å². The predicted octanol–water partition coefficient (Wildman–Crippen LogP) is 1.30. The fourth-order valence-corrected chi connectivity index (χ4v) is 2.51. The summed E-state index contributed by atoms with van der Waals surface area (Å²) in [5.41, 5.74) is -0.696. The first kappa shape index (κ1) is 12.4. The van der Waals surface area contributed by atoms with Crippen molar-refractivity contribution < 1.29 is 9.59 Å². The number of carbonyl (C=O) groups excluding carboxylic acids is 2. The number of carbonyl (C=O) groups is 2. The van der Waals surface area contributed by atoms with Gasteiger partial charge >= 0.3 is 0 Å². The van der Waals surface area contributed by atoms with Gasteiger partial charge in [-0.25, -0.2) is 0 Å². The van der Waals surface area contributed by atoms with Crippen LogP contribution in [0, 0.1) is 5.92 Å². The molecule has 1 saturated carbocycles. The van der Waals surface area contributed by atoms with E-state index in [9.17, 15) is 9.59 Å². The van der Waals surface area contributed by atoms with Crippen molar-refractivity contribution >= 4 is 11.8 Å². The van der Waals surface area contributed by atoms with E-state index in [2.05, 4.69) is 5.32 Å². The van der Waals surface area contributed by atoms with Crippen LogP contribution in [0.15, 0.2) is 0 Å². The number of nitrogens with zero attached hydrogens (tertiary/aromatic N) is 1. The van der Waals surface area contributed by atoms with Gasteiger partial charge in [0.2, 0.25) is 11.8 Å². The molecular weight excluding hydrogens is 216 g/mol. The molecule has 17 heavy (non-hydrogen) atoms. The fourth-order valence-electron chi connectivity index (χ4n) is 2.51. The minimum Gasteiger partial charge on any atom is -0.342 e. The average Bonchev–Trinajstić information content (AvgIpc) is 2.21. The van der Waals surface area contributed by atoms with E-state index >= 15 is 0 Å². The van der Waals surface area contributed by atoms with E-state index in [4.69, 9.17) is 0 Å².